The Morgan fingerprint density at radius 3 is 2.82 bits per heavy atom. The first-order valence-electron chi connectivity index (χ1n) is 4.85. The van der Waals surface area contributed by atoms with Gasteiger partial charge in [0.25, 0.3) is 0 Å². The predicted octanol–water partition coefficient (Wildman–Crippen LogP) is 3.05. The Balaban J connectivity index is 2.20. The quantitative estimate of drug-likeness (QED) is 0.679. The van der Waals surface area contributed by atoms with Crippen LogP contribution in [-0.2, 0) is 0 Å². The minimum atomic E-state index is -4.79. The molecule has 2 aromatic rings. The van der Waals surface area contributed by atoms with Gasteiger partial charge in [-0.05, 0) is 17.8 Å². The van der Waals surface area contributed by atoms with Gasteiger partial charge in [0.05, 0.1) is 18.1 Å². The third-order valence-electron chi connectivity index (χ3n) is 2.08. The molecule has 0 atom stereocenters. The highest BCUT2D eigenvalue weighted by Crippen LogP contribution is 2.25. The van der Waals surface area contributed by atoms with Gasteiger partial charge in [0, 0.05) is 6.07 Å². The third kappa shape index (κ3) is 3.09. The van der Waals surface area contributed by atoms with Gasteiger partial charge in [-0.15, -0.1) is 11.8 Å². The van der Waals surface area contributed by atoms with Crippen LogP contribution in [0.1, 0.15) is 0 Å². The zero-order valence-corrected chi connectivity index (χ0v) is 9.73. The maximum atomic E-state index is 12.1. The van der Waals surface area contributed by atoms with E-state index in [9.17, 15) is 12.9 Å². The average Bonchev–Trinajstić information content (AvgIpc) is 2.66. The van der Waals surface area contributed by atoms with Crippen molar-refractivity contribution in [1.82, 2.24) is 9.97 Å². The van der Waals surface area contributed by atoms with Crippen molar-refractivity contribution < 1.29 is 17.7 Å². The molecular weight excluding hydrogens is 252 g/mol. The zero-order chi connectivity index (χ0) is 12.5. The predicted molar refractivity (Wildman–Crippen MR) is 62.4 cm³/mol. The fraction of sp³-hybridized carbons (Fsp3) is 0.222. The van der Waals surface area contributed by atoms with E-state index < -0.39 is 12.6 Å². The highest BCUT2D eigenvalue weighted by molar-refractivity contribution is 8.00. The molecule has 92 valence electrons. The Kier molecular flexibility index (Phi) is 3.23. The molecule has 0 aliphatic carbocycles. The van der Waals surface area contributed by atoms with E-state index in [1.807, 2.05) is 0 Å². The van der Waals surface area contributed by atoms with Crippen LogP contribution in [0.2, 0.25) is 0 Å². The molecule has 0 aliphatic heterocycles. The minimum Gasteiger partial charge on any atom is -0.497 e. The highest BCUT2D eigenvalue weighted by Gasteiger charge is 2.23. The van der Waals surface area contributed by atoms with Crippen LogP contribution in [0.25, 0.3) is 11.0 Å². The van der Waals surface area contributed by atoms with Crippen LogP contribution in [0.4, 0.5) is 12.9 Å². The number of imidazole rings is 1. The van der Waals surface area contributed by atoms with E-state index in [0.29, 0.717) is 28.5 Å². The van der Waals surface area contributed by atoms with Crippen molar-refractivity contribution in [3.63, 3.8) is 0 Å². The lowest BCUT2D eigenvalue weighted by molar-refractivity contribution is 0.415. The lowest BCUT2D eigenvalue weighted by atomic mass is 9.98. The Morgan fingerprint density at radius 2 is 2.18 bits per heavy atom. The topological polar surface area (TPSA) is 37.9 Å². The largest absolute Gasteiger partial charge is 0.497 e. The van der Waals surface area contributed by atoms with Crippen LogP contribution in [0, 0.1) is 0 Å². The summed E-state index contributed by atoms with van der Waals surface area (Å²) < 4.78 is 41.3. The first-order chi connectivity index (χ1) is 7.98. The summed E-state index contributed by atoms with van der Waals surface area (Å²) in [6, 6.07) is 5.11. The smallest absolute Gasteiger partial charge is 0.488 e. The second-order valence-corrected chi connectivity index (χ2v) is 4.46. The minimum absolute atomic E-state index is 0.271. The molecule has 1 aromatic carbocycles. The molecule has 0 amide bonds. The Morgan fingerprint density at radius 1 is 1.41 bits per heavy atom. The maximum Gasteiger partial charge on any atom is 0.488 e. The first kappa shape index (κ1) is 12.2. The molecule has 1 N–H and O–H groups in total. The summed E-state index contributed by atoms with van der Waals surface area (Å²) in [7, 11) is 1.53. The number of rotatable bonds is 4. The molecule has 3 nitrogen and oxygen atoms in total. The normalized spacial score (nSPS) is 12.0. The van der Waals surface area contributed by atoms with E-state index in [1.165, 1.54) is 7.11 Å². The van der Waals surface area contributed by atoms with Crippen molar-refractivity contribution in [2.24, 2.45) is 0 Å². The molecule has 8 heteroatoms. The number of hydrogen-bond acceptors (Lipinski definition) is 3. The summed E-state index contributed by atoms with van der Waals surface area (Å²) in [6.45, 7) is -4.79. The van der Waals surface area contributed by atoms with Gasteiger partial charge >= 0.3 is 6.98 Å². The maximum absolute atomic E-state index is 12.1. The van der Waals surface area contributed by atoms with E-state index in [4.69, 9.17) is 4.74 Å². The summed E-state index contributed by atoms with van der Waals surface area (Å²) >= 11 is 0.662. The number of fused-ring (bicyclic) bond motifs is 1. The monoisotopic (exact) mass is 261 g/mol. The number of hydrogen-bond donors (Lipinski definition) is 1. The van der Waals surface area contributed by atoms with Gasteiger partial charge in [-0.1, -0.05) is 0 Å². The van der Waals surface area contributed by atoms with Gasteiger partial charge in [0.15, 0.2) is 5.16 Å². The molecule has 0 saturated carbocycles. The fourth-order valence-electron chi connectivity index (χ4n) is 1.33. The van der Waals surface area contributed by atoms with Crippen molar-refractivity contribution in [3.8, 4) is 5.75 Å². The van der Waals surface area contributed by atoms with Crippen LogP contribution in [0.15, 0.2) is 23.4 Å². The molecule has 1 heterocycles. The Labute approximate surface area is 99.8 Å². The van der Waals surface area contributed by atoms with Crippen LogP contribution >= 0.6 is 11.8 Å². The van der Waals surface area contributed by atoms with Crippen LogP contribution in [0.5, 0.6) is 5.75 Å². The number of methoxy groups -OCH3 is 1. The number of nitrogens with zero attached hydrogens (tertiary/aromatic N) is 1. The van der Waals surface area contributed by atoms with Crippen molar-refractivity contribution >= 4 is 29.8 Å². The number of benzene rings is 1. The number of thioether (sulfide) groups is 1. The van der Waals surface area contributed by atoms with Crippen molar-refractivity contribution in [1.29, 1.82) is 0 Å². The van der Waals surface area contributed by atoms with Gasteiger partial charge in [0.1, 0.15) is 5.75 Å². The summed E-state index contributed by atoms with van der Waals surface area (Å²) in [5, 5.41) is 0.271. The molecule has 0 fully saturated rings. The van der Waals surface area contributed by atoms with Crippen molar-refractivity contribution in [2.75, 3.05) is 12.8 Å². The summed E-state index contributed by atoms with van der Waals surface area (Å²) in [5.74, 6) is 0.637. The molecule has 0 aliphatic rings. The number of aromatic nitrogens is 2. The average molecular weight is 261 g/mol. The first-order valence-corrected chi connectivity index (χ1v) is 5.84. The summed E-state index contributed by atoms with van der Waals surface area (Å²) in [6.07, 6.45) is 0. The van der Waals surface area contributed by atoms with Crippen LogP contribution in [0.3, 0.4) is 0 Å². The second kappa shape index (κ2) is 4.52. The third-order valence-corrected chi connectivity index (χ3v) is 3.09. The number of halogens is 3. The standard InChI is InChI=1S/C9H9BF3N2OS/c1-16-6-2-3-7-8(4-6)15-9(14-7)17-5-10(11,12)13/h2-4H,5H2,1H3,(H,14,15)/q-1. The molecule has 0 saturated heterocycles. The van der Waals surface area contributed by atoms with Gasteiger partial charge in [-0.25, -0.2) is 4.98 Å². The van der Waals surface area contributed by atoms with Gasteiger partial charge < -0.3 is 22.7 Å². The van der Waals surface area contributed by atoms with E-state index >= 15 is 0 Å². The molecular formula is C9H9BF3N2OS-. The molecule has 17 heavy (non-hydrogen) atoms. The SMILES string of the molecule is COc1ccc2nc(SC[B-](F)(F)F)[nH]c2c1. The molecule has 0 spiro atoms. The van der Waals surface area contributed by atoms with Crippen LogP contribution < -0.4 is 4.74 Å². The number of ether oxygens (including phenoxy) is 1. The van der Waals surface area contributed by atoms with E-state index in [-0.39, 0.29) is 5.16 Å². The fourth-order valence-corrected chi connectivity index (χ4v) is 2.03. The van der Waals surface area contributed by atoms with Gasteiger partial charge in [0.2, 0.25) is 0 Å². The van der Waals surface area contributed by atoms with Gasteiger partial charge in [-0.3, -0.25) is 0 Å². The second-order valence-electron chi connectivity index (χ2n) is 3.45. The highest BCUT2D eigenvalue weighted by atomic mass is 32.2. The summed E-state index contributed by atoms with van der Waals surface area (Å²) in [4.78, 5) is 6.88. The van der Waals surface area contributed by atoms with Crippen molar-refractivity contribution in [2.45, 2.75) is 5.16 Å². The molecule has 0 unspecified atom stereocenters. The Bertz CT molecular complexity index is 528. The molecule has 1 aromatic heterocycles. The number of H-pyrrole nitrogens is 1. The molecule has 2 rings (SSSR count). The van der Waals surface area contributed by atoms with E-state index in [1.54, 1.807) is 18.2 Å². The van der Waals surface area contributed by atoms with Crippen LogP contribution in [-0.4, -0.2) is 29.7 Å². The number of nitrogens with one attached hydrogen (secondary N) is 1. The number of aromatic amines is 1. The Hall–Kier alpha value is -1.31. The summed E-state index contributed by atoms with van der Waals surface area (Å²) in [5.41, 5.74) is 0.404. The van der Waals surface area contributed by atoms with Gasteiger partial charge in [-0.2, -0.15) is 0 Å². The van der Waals surface area contributed by atoms with Crippen molar-refractivity contribution in [3.05, 3.63) is 18.2 Å². The lowest BCUT2D eigenvalue weighted by Crippen LogP contribution is -2.19. The van der Waals surface area contributed by atoms with E-state index in [0.717, 1.165) is 0 Å². The molecule has 0 radical (unpaired) electrons. The van der Waals surface area contributed by atoms with E-state index in [2.05, 4.69) is 9.97 Å². The zero-order valence-electron chi connectivity index (χ0n) is 8.91. The molecule has 0 bridgehead atoms. The lowest BCUT2D eigenvalue weighted by Gasteiger charge is -2.10.